The van der Waals surface area contributed by atoms with E-state index in [4.69, 9.17) is 16.3 Å². The van der Waals surface area contributed by atoms with Crippen molar-refractivity contribution >= 4 is 34.0 Å². The minimum Gasteiger partial charge on any atom is -0.494 e. The minimum absolute atomic E-state index is 0.173. The zero-order chi connectivity index (χ0) is 20.1. The molecule has 5 nitrogen and oxygen atoms in total. The van der Waals surface area contributed by atoms with E-state index in [9.17, 15) is 4.79 Å². The average molecular weight is 416 g/mol. The zero-order valence-electron chi connectivity index (χ0n) is 16.1. The smallest absolute Gasteiger partial charge is 0.261 e. The van der Waals surface area contributed by atoms with Crippen LogP contribution in [0.15, 0.2) is 48.5 Å². The Morgan fingerprint density at radius 2 is 1.86 bits per heavy atom. The molecule has 28 heavy (non-hydrogen) atoms. The van der Waals surface area contributed by atoms with Crippen LogP contribution in [0.2, 0.25) is 5.02 Å². The lowest BCUT2D eigenvalue weighted by Crippen LogP contribution is -2.34. The summed E-state index contributed by atoms with van der Waals surface area (Å²) in [5, 5.41) is 10.3. The number of nitrogens with zero attached hydrogens (tertiary/aromatic N) is 3. The van der Waals surface area contributed by atoms with Crippen LogP contribution in [0.4, 0.5) is 5.13 Å². The Bertz CT molecular complexity index is 941. The Morgan fingerprint density at radius 1 is 1.14 bits per heavy atom. The third kappa shape index (κ3) is 4.69. The molecule has 0 bridgehead atoms. The van der Waals surface area contributed by atoms with Crippen LogP contribution >= 0.6 is 22.9 Å². The van der Waals surface area contributed by atoms with E-state index < -0.39 is 0 Å². The number of ether oxygens (including phenoxy) is 1. The molecule has 1 amide bonds. The van der Waals surface area contributed by atoms with E-state index in [1.165, 1.54) is 11.3 Å². The predicted molar refractivity (Wildman–Crippen MR) is 114 cm³/mol. The van der Waals surface area contributed by atoms with Crippen LogP contribution in [-0.4, -0.2) is 29.3 Å². The maximum atomic E-state index is 13.1. The van der Waals surface area contributed by atoms with Gasteiger partial charge in [0.15, 0.2) is 0 Å². The highest BCUT2D eigenvalue weighted by Crippen LogP contribution is 2.31. The first kappa shape index (κ1) is 20.3. The number of rotatable bonds is 7. The van der Waals surface area contributed by atoms with Gasteiger partial charge >= 0.3 is 0 Å². The van der Waals surface area contributed by atoms with E-state index in [1.807, 2.05) is 31.2 Å². The summed E-state index contributed by atoms with van der Waals surface area (Å²) in [6, 6.07) is 14.7. The summed E-state index contributed by atoms with van der Waals surface area (Å²) < 4.78 is 5.48. The summed E-state index contributed by atoms with van der Waals surface area (Å²) in [5.74, 6) is 0.907. The van der Waals surface area contributed by atoms with Gasteiger partial charge in [0.05, 0.1) is 17.2 Å². The highest BCUT2D eigenvalue weighted by atomic mass is 35.5. The molecular weight excluding hydrogens is 394 g/mol. The van der Waals surface area contributed by atoms with Crippen molar-refractivity contribution in [2.75, 3.05) is 18.1 Å². The molecular formula is C21H22ClN3O2S. The van der Waals surface area contributed by atoms with E-state index in [2.05, 4.69) is 24.0 Å². The summed E-state index contributed by atoms with van der Waals surface area (Å²) in [6.45, 7) is 7.21. The number of hydrogen-bond donors (Lipinski definition) is 0. The van der Waals surface area contributed by atoms with E-state index >= 15 is 0 Å². The Kier molecular flexibility index (Phi) is 6.65. The highest BCUT2D eigenvalue weighted by Gasteiger charge is 2.24. The van der Waals surface area contributed by atoms with Gasteiger partial charge in [0, 0.05) is 12.1 Å². The van der Waals surface area contributed by atoms with Crippen LogP contribution in [0, 0.1) is 5.92 Å². The van der Waals surface area contributed by atoms with Gasteiger partial charge in [-0.05, 0) is 49.2 Å². The molecule has 0 spiro atoms. The maximum absolute atomic E-state index is 13.1. The molecule has 3 rings (SSSR count). The average Bonchev–Trinajstić information content (AvgIpc) is 3.16. The molecule has 1 heterocycles. The molecule has 0 atom stereocenters. The van der Waals surface area contributed by atoms with E-state index in [-0.39, 0.29) is 11.8 Å². The van der Waals surface area contributed by atoms with Gasteiger partial charge in [0.1, 0.15) is 10.8 Å². The number of aromatic nitrogens is 2. The van der Waals surface area contributed by atoms with Crippen LogP contribution in [0.1, 0.15) is 31.1 Å². The summed E-state index contributed by atoms with van der Waals surface area (Å²) in [7, 11) is 0. The first-order valence-electron chi connectivity index (χ1n) is 9.12. The summed E-state index contributed by atoms with van der Waals surface area (Å²) in [4.78, 5) is 14.8. The molecule has 7 heteroatoms. The molecule has 0 saturated carbocycles. The molecule has 0 radical (unpaired) electrons. The van der Waals surface area contributed by atoms with E-state index in [0.29, 0.717) is 28.9 Å². The molecule has 2 aromatic carbocycles. The fourth-order valence-corrected chi connectivity index (χ4v) is 3.77. The summed E-state index contributed by atoms with van der Waals surface area (Å²) in [6.07, 6.45) is 0. The molecule has 0 N–H and O–H groups in total. The fraction of sp³-hybridized carbons (Fsp3) is 0.286. The fourth-order valence-electron chi connectivity index (χ4n) is 2.69. The molecule has 1 aromatic heterocycles. The number of hydrogen-bond acceptors (Lipinski definition) is 5. The second-order valence-corrected chi connectivity index (χ2v) is 8.00. The third-order valence-electron chi connectivity index (χ3n) is 3.95. The molecule has 0 fully saturated rings. The Morgan fingerprint density at radius 3 is 2.50 bits per heavy atom. The zero-order valence-corrected chi connectivity index (χ0v) is 17.6. The van der Waals surface area contributed by atoms with Crippen molar-refractivity contribution in [2.24, 2.45) is 5.92 Å². The quantitative estimate of drug-likeness (QED) is 0.506. The lowest BCUT2D eigenvalue weighted by Gasteiger charge is -2.21. The van der Waals surface area contributed by atoms with Gasteiger partial charge in [0.2, 0.25) is 5.13 Å². The van der Waals surface area contributed by atoms with Crippen LogP contribution in [0.5, 0.6) is 5.75 Å². The number of carbonyl (C=O) groups excluding carboxylic acids is 1. The van der Waals surface area contributed by atoms with E-state index in [1.54, 1.807) is 29.2 Å². The Labute approximate surface area is 173 Å². The van der Waals surface area contributed by atoms with Crippen molar-refractivity contribution in [3.63, 3.8) is 0 Å². The molecule has 3 aromatic rings. The first-order chi connectivity index (χ1) is 13.5. The number of anilines is 1. The monoisotopic (exact) mass is 415 g/mol. The van der Waals surface area contributed by atoms with Crippen LogP contribution in [-0.2, 0) is 0 Å². The topological polar surface area (TPSA) is 55.3 Å². The standard InChI is InChI=1S/C21H22ClN3O2S/c1-4-27-16-11-9-15(10-12-16)19-23-24-21(28-19)25(13-14(2)3)20(26)17-7-5-6-8-18(17)22/h5-12,14H,4,13H2,1-3H3. The lowest BCUT2D eigenvalue weighted by molar-refractivity contribution is 0.0984. The summed E-state index contributed by atoms with van der Waals surface area (Å²) in [5.41, 5.74) is 1.39. The van der Waals surface area contributed by atoms with Gasteiger partial charge in [-0.1, -0.05) is 48.9 Å². The van der Waals surface area contributed by atoms with Gasteiger partial charge in [-0.3, -0.25) is 9.69 Å². The molecule has 0 aliphatic rings. The molecule has 0 aliphatic heterocycles. The Hall–Kier alpha value is -2.44. The number of halogens is 1. The van der Waals surface area contributed by atoms with E-state index in [0.717, 1.165) is 16.3 Å². The minimum atomic E-state index is -0.173. The van der Waals surface area contributed by atoms with Crippen molar-refractivity contribution in [3.8, 4) is 16.3 Å². The Balaban J connectivity index is 1.90. The van der Waals surface area contributed by atoms with Gasteiger partial charge in [-0.25, -0.2) is 0 Å². The van der Waals surface area contributed by atoms with Crippen LogP contribution in [0.25, 0.3) is 10.6 Å². The number of benzene rings is 2. The first-order valence-corrected chi connectivity index (χ1v) is 10.3. The third-order valence-corrected chi connectivity index (χ3v) is 5.28. The van der Waals surface area contributed by atoms with Crippen molar-refractivity contribution in [3.05, 3.63) is 59.1 Å². The lowest BCUT2D eigenvalue weighted by atomic mass is 10.1. The number of amides is 1. The second-order valence-electron chi connectivity index (χ2n) is 6.64. The highest BCUT2D eigenvalue weighted by molar-refractivity contribution is 7.18. The molecule has 0 saturated heterocycles. The van der Waals surface area contributed by atoms with Crippen molar-refractivity contribution < 1.29 is 9.53 Å². The second kappa shape index (κ2) is 9.17. The van der Waals surface area contributed by atoms with Crippen molar-refractivity contribution in [1.82, 2.24) is 10.2 Å². The van der Waals surface area contributed by atoms with Crippen LogP contribution in [0.3, 0.4) is 0 Å². The van der Waals surface area contributed by atoms with Gasteiger partial charge in [0.25, 0.3) is 5.91 Å². The van der Waals surface area contributed by atoms with Crippen molar-refractivity contribution in [1.29, 1.82) is 0 Å². The molecule has 0 aliphatic carbocycles. The SMILES string of the molecule is CCOc1ccc(-c2nnc(N(CC(C)C)C(=O)c3ccccc3Cl)s2)cc1. The van der Waals surface area contributed by atoms with Crippen molar-refractivity contribution in [2.45, 2.75) is 20.8 Å². The number of carbonyl (C=O) groups is 1. The van der Waals surface area contributed by atoms with Gasteiger partial charge in [-0.15, -0.1) is 10.2 Å². The normalized spacial score (nSPS) is 10.9. The maximum Gasteiger partial charge on any atom is 0.261 e. The molecule has 0 unspecified atom stereocenters. The molecule has 146 valence electrons. The predicted octanol–water partition coefficient (Wildman–Crippen LogP) is 5.56. The van der Waals surface area contributed by atoms with Crippen LogP contribution < -0.4 is 9.64 Å². The van der Waals surface area contributed by atoms with Gasteiger partial charge < -0.3 is 4.74 Å². The largest absolute Gasteiger partial charge is 0.494 e. The summed E-state index contributed by atoms with van der Waals surface area (Å²) >= 11 is 7.62. The van der Waals surface area contributed by atoms with Gasteiger partial charge in [-0.2, -0.15) is 0 Å².